The lowest BCUT2D eigenvalue weighted by Gasteiger charge is -2.26. The molecule has 0 aliphatic carbocycles. The van der Waals surface area contributed by atoms with Gasteiger partial charge in [-0.15, -0.1) is 0 Å². The number of amides is 1. The molecule has 1 aliphatic heterocycles. The zero-order valence-electron chi connectivity index (χ0n) is 14.2. The molecule has 1 N–H and O–H groups in total. The molecule has 5 heteroatoms. The van der Waals surface area contributed by atoms with Crippen LogP contribution in [0.3, 0.4) is 0 Å². The molecule has 0 atom stereocenters. The van der Waals surface area contributed by atoms with E-state index in [0.717, 1.165) is 24.2 Å². The van der Waals surface area contributed by atoms with E-state index in [2.05, 4.69) is 10.2 Å². The third-order valence-electron chi connectivity index (χ3n) is 4.26. The van der Waals surface area contributed by atoms with Gasteiger partial charge in [0.25, 0.3) is 5.91 Å². The van der Waals surface area contributed by atoms with Crippen molar-refractivity contribution in [1.29, 1.82) is 0 Å². The van der Waals surface area contributed by atoms with Crippen LogP contribution in [0.2, 0.25) is 0 Å². The van der Waals surface area contributed by atoms with E-state index in [4.69, 9.17) is 4.74 Å². The van der Waals surface area contributed by atoms with Gasteiger partial charge in [0, 0.05) is 25.2 Å². The lowest BCUT2D eigenvalue weighted by molar-refractivity contribution is -0.113. The minimum atomic E-state index is -0.224. The Bertz CT molecular complexity index is 772. The van der Waals surface area contributed by atoms with E-state index in [0.29, 0.717) is 24.4 Å². The van der Waals surface area contributed by atoms with Crippen molar-refractivity contribution in [3.8, 4) is 5.75 Å². The van der Waals surface area contributed by atoms with Crippen LogP contribution in [0.25, 0.3) is 0 Å². The number of methoxy groups -OCH3 is 1. The number of hydrogen-bond donors (Lipinski definition) is 1. The Morgan fingerprint density at radius 2 is 1.96 bits per heavy atom. The van der Waals surface area contributed by atoms with E-state index in [1.807, 2.05) is 30.3 Å². The summed E-state index contributed by atoms with van der Waals surface area (Å²) in [5.41, 5.74) is 2.52. The number of carbonyl (C=O) groups is 1. The van der Waals surface area contributed by atoms with E-state index in [1.165, 1.54) is 12.1 Å². The number of rotatable bonds is 5. The third kappa shape index (κ3) is 4.45. The molecule has 1 heterocycles. The highest BCUT2D eigenvalue weighted by Crippen LogP contribution is 2.24. The number of carbonyl (C=O) groups excluding carboxylic acids is 1. The normalized spacial score (nSPS) is 14.7. The van der Waals surface area contributed by atoms with Gasteiger partial charge in [-0.3, -0.25) is 9.69 Å². The predicted molar refractivity (Wildman–Crippen MR) is 96.0 cm³/mol. The van der Waals surface area contributed by atoms with Crippen molar-refractivity contribution in [2.45, 2.75) is 13.0 Å². The Morgan fingerprint density at radius 1 is 1.20 bits per heavy atom. The molecule has 130 valence electrons. The maximum absolute atomic E-state index is 13.0. The second kappa shape index (κ2) is 7.94. The zero-order valence-corrected chi connectivity index (χ0v) is 14.2. The van der Waals surface area contributed by atoms with Crippen LogP contribution < -0.4 is 10.1 Å². The highest BCUT2D eigenvalue weighted by atomic mass is 19.1. The van der Waals surface area contributed by atoms with Gasteiger partial charge < -0.3 is 10.1 Å². The third-order valence-corrected chi connectivity index (χ3v) is 4.26. The molecule has 2 aromatic carbocycles. The lowest BCUT2D eigenvalue weighted by Crippen LogP contribution is -2.31. The summed E-state index contributed by atoms with van der Waals surface area (Å²) >= 11 is 0. The smallest absolute Gasteiger partial charge is 0.251 e. The summed E-state index contributed by atoms with van der Waals surface area (Å²) < 4.78 is 18.2. The predicted octanol–water partition coefficient (Wildman–Crippen LogP) is 3.61. The van der Waals surface area contributed by atoms with Crippen LogP contribution in [0.4, 0.5) is 10.1 Å². The average molecular weight is 340 g/mol. The number of ether oxygens (including phenoxy) is 1. The number of benzene rings is 2. The van der Waals surface area contributed by atoms with Crippen molar-refractivity contribution in [1.82, 2.24) is 4.90 Å². The molecule has 0 radical (unpaired) electrons. The van der Waals surface area contributed by atoms with Gasteiger partial charge in [-0.25, -0.2) is 4.39 Å². The van der Waals surface area contributed by atoms with Gasteiger partial charge in [-0.2, -0.15) is 0 Å². The molecule has 0 aromatic heterocycles. The van der Waals surface area contributed by atoms with Crippen LogP contribution in [-0.2, 0) is 11.3 Å². The molecule has 0 saturated carbocycles. The second-order valence-electron chi connectivity index (χ2n) is 6.00. The van der Waals surface area contributed by atoms with Crippen molar-refractivity contribution in [2.75, 3.05) is 25.5 Å². The number of nitrogens with zero attached hydrogens (tertiary/aromatic N) is 1. The summed E-state index contributed by atoms with van der Waals surface area (Å²) in [6.07, 6.45) is 2.64. The van der Waals surface area contributed by atoms with Gasteiger partial charge in [0.2, 0.25) is 0 Å². The summed E-state index contributed by atoms with van der Waals surface area (Å²) in [5, 5.41) is 2.91. The van der Waals surface area contributed by atoms with Crippen molar-refractivity contribution in [3.05, 3.63) is 71.6 Å². The minimum Gasteiger partial charge on any atom is -0.495 e. The first-order valence-corrected chi connectivity index (χ1v) is 8.26. The fourth-order valence-corrected chi connectivity index (χ4v) is 2.86. The molecular weight excluding hydrogens is 319 g/mol. The van der Waals surface area contributed by atoms with Gasteiger partial charge in [-0.1, -0.05) is 30.3 Å². The van der Waals surface area contributed by atoms with Crippen LogP contribution in [0.15, 0.2) is 60.2 Å². The number of para-hydroxylation sites is 2. The standard InChI is InChI=1S/C20H21FN2O2/c1-25-19-5-3-2-4-18(19)22-20(24)16-10-12-23(13-11-16)14-15-6-8-17(21)9-7-15/h2-10H,11-14H2,1H3,(H,22,24). The molecule has 1 amide bonds. The van der Waals surface area contributed by atoms with E-state index in [-0.39, 0.29) is 11.7 Å². The molecule has 2 aromatic rings. The first kappa shape index (κ1) is 17.2. The molecule has 3 rings (SSSR count). The van der Waals surface area contributed by atoms with Gasteiger partial charge in [0.15, 0.2) is 0 Å². The minimum absolute atomic E-state index is 0.0917. The van der Waals surface area contributed by atoms with Crippen molar-refractivity contribution < 1.29 is 13.9 Å². The SMILES string of the molecule is COc1ccccc1NC(=O)C1=CCN(Cc2ccc(F)cc2)CC1. The number of hydrogen-bond acceptors (Lipinski definition) is 3. The molecule has 0 unspecified atom stereocenters. The van der Waals surface area contributed by atoms with Gasteiger partial charge in [-0.05, 0) is 36.2 Å². The van der Waals surface area contributed by atoms with Crippen LogP contribution in [0.1, 0.15) is 12.0 Å². The molecular formula is C20H21FN2O2. The maximum atomic E-state index is 13.0. The largest absolute Gasteiger partial charge is 0.495 e. The second-order valence-corrected chi connectivity index (χ2v) is 6.00. The first-order chi connectivity index (χ1) is 12.2. The molecule has 0 spiro atoms. The summed E-state index contributed by atoms with van der Waals surface area (Å²) in [6.45, 7) is 2.24. The van der Waals surface area contributed by atoms with Crippen molar-refractivity contribution in [3.63, 3.8) is 0 Å². The monoisotopic (exact) mass is 340 g/mol. The van der Waals surface area contributed by atoms with E-state index in [1.54, 1.807) is 19.2 Å². The lowest BCUT2D eigenvalue weighted by atomic mass is 10.1. The molecule has 4 nitrogen and oxygen atoms in total. The summed E-state index contributed by atoms with van der Waals surface area (Å²) in [6, 6.07) is 13.9. The van der Waals surface area contributed by atoms with Crippen molar-refractivity contribution in [2.24, 2.45) is 0 Å². The quantitative estimate of drug-likeness (QED) is 0.904. The molecule has 25 heavy (non-hydrogen) atoms. The summed E-state index contributed by atoms with van der Waals surface area (Å²) in [4.78, 5) is 14.7. The maximum Gasteiger partial charge on any atom is 0.251 e. The Morgan fingerprint density at radius 3 is 2.64 bits per heavy atom. The number of halogens is 1. The fourth-order valence-electron chi connectivity index (χ4n) is 2.86. The van der Waals surface area contributed by atoms with Crippen molar-refractivity contribution >= 4 is 11.6 Å². The van der Waals surface area contributed by atoms with Crippen LogP contribution >= 0.6 is 0 Å². The van der Waals surface area contributed by atoms with Crippen LogP contribution in [0.5, 0.6) is 5.75 Å². The van der Waals surface area contributed by atoms with Gasteiger partial charge in [0.05, 0.1) is 12.8 Å². The topological polar surface area (TPSA) is 41.6 Å². The highest BCUT2D eigenvalue weighted by molar-refractivity contribution is 6.04. The van der Waals surface area contributed by atoms with Crippen LogP contribution in [-0.4, -0.2) is 31.0 Å². The van der Waals surface area contributed by atoms with Gasteiger partial charge >= 0.3 is 0 Å². The Kier molecular flexibility index (Phi) is 5.46. The van der Waals surface area contributed by atoms with Crippen LogP contribution in [0, 0.1) is 5.82 Å². The van der Waals surface area contributed by atoms with Gasteiger partial charge in [0.1, 0.15) is 11.6 Å². The zero-order chi connectivity index (χ0) is 17.6. The van der Waals surface area contributed by atoms with E-state index >= 15 is 0 Å². The molecule has 0 saturated heterocycles. The van der Waals surface area contributed by atoms with E-state index in [9.17, 15) is 9.18 Å². The molecule has 1 aliphatic rings. The fraction of sp³-hybridized carbons (Fsp3) is 0.250. The Balaban J connectivity index is 1.58. The number of nitrogens with one attached hydrogen (secondary N) is 1. The Labute approximate surface area is 146 Å². The molecule has 0 bridgehead atoms. The number of anilines is 1. The first-order valence-electron chi connectivity index (χ1n) is 8.26. The van der Waals surface area contributed by atoms with E-state index < -0.39 is 0 Å². The average Bonchev–Trinajstić information content (AvgIpc) is 2.64. The summed E-state index contributed by atoms with van der Waals surface area (Å²) in [7, 11) is 1.58. The highest BCUT2D eigenvalue weighted by Gasteiger charge is 2.18. The summed E-state index contributed by atoms with van der Waals surface area (Å²) in [5.74, 6) is 0.328. The Hall–Kier alpha value is -2.66. The molecule has 0 fully saturated rings.